The molecule has 2 aromatic heterocycles. The van der Waals surface area contributed by atoms with Crippen LogP contribution in [0, 0.1) is 6.92 Å². The van der Waals surface area contributed by atoms with Gasteiger partial charge in [-0.05, 0) is 29.3 Å². The molecular formula is C17H20N10O4S2. The van der Waals surface area contributed by atoms with E-state index in [9.17, 15) is 16.8 Å². The summed E-state index contributed by atoms with van der Waals surface area (Å²) in [6.45, 7) is 1.73. The number of nitrogens with one attached hydrogen (secondary N) is 3. The Morgan fingerprint density at radius 2 is 1.82 bits per heavy atom. The highest BCUT2D eigenvalue weighted by molar-refractivity contribution is 7.92. The molecule has 2 heterocycles. The predicted molar refractivity (Wildman–Crippen MR) is 119 cm³/mol. The molecule has 9 N–H and O–H groups in total. The summed E-state index contributed by atoms with van der Waals surface area (Å²) in [4.78, 5) is 5.99. The summed E-state index contributed by atoms with van der Waals surface area (Å²) in [5.74, 6) is -0.0272. The zero-order chi connectivity index (χ0) is 24.0. The monoisotopic (exact) mass is 492 g/mol. The van der Waals surface area contributed by atoms with Crippen molar-refractivity contribution in [2.24, 2.45) is 10.9 Å². The van der Waals surface area contributed by atoms with Crippen molar-refractivity contribution < 1.29 is 16.8 Å². The van der Waals surface area contributed by atoms with Gasteiger partial charge in [0, 0.05) is 18.7 Å². The van der Waals surface area contributed by atoms with Crippen molar-refractivity contribution in [3.8, 4) is 22.5 Å². The topological polar surface area (TPSA) is 242 Å². The molecule has 0 spiro atoms. The van der Waals surface area contributed by atoms with Gasteiger partial charge in [-0.1, -0.05) is 18.2 Å². The van der Waals surface area contributed by atoms with E-state index in [0.717, 1.165) is 11.6 Å². The number of rotatable bonds is 7. The van der Waals surface area contributed by atoms with Crippen LogP contribution in [0.1, 0.15) is 5.56 Å². The number of nitrogen functional groups attached to an aromatic ring is 1. The van der Waals surface area contributed by atoms with E-state index < -0.39 is 29.8 Å². The minimum absolute atomic E-state index is 0.00164. The standard InChI is InChI=1S/C17H20N10O4S2/c1-8-2-3-10(14-13(8)22-17(19)23-14)9-4-5-11(33(30,31)21-7-6-18)15(32(20,28)29)12(9)16-24-26-27-25-16/h2-5,21H,6-7,18H2,1H3,(H3,19,22,23)(H2,20,28,29)(H,24,25,26,27). The van der Waals surface area contributed by atoms with E-state index in [1.54, 1.807) is 12.1 Å². The third-order valence-corrected chi connectivity index (χ3v) is 7.49. The summed E-state index contributed by atoms with van der Waals surface area (Å²) in [5, 5.41) is 19.0. The largest absolute Gasteiger partial charge is 0.369 e. The van der Waals surface area contributed by atoms with Crippen molar-refractivity contribution in [1.82, 2.24) is 35.3 Å². The van der Waals surface area contributed by atoms with Gasteiger partial charge in [0.2, 0.25) is 25.9 Å². The average Bonchev–Trinajstić information content (AvgIpc) is 3.41. The van der Waals surface area contributed by atoms with Crippen molar-refractivity contribution in [3.05, 3.63) is 29.8 Å². The number of H-pyrrole nitrogens is 2. The maximum Gasteiger partial charge on any atom is 0.241 e. The van der Waals surface area contributed by atoms with E-state index in [0.29, 0.717) is 16.6 Å². The van der Waals surface area contributed by atoms with Crippen LogP contribution in [-0.2, 0) is 20.0 Å². The number of sulfonamides is 2. The van der Waals surface area contributed by atoms with Crippen LogP contribution in [0.5, 0.6) is 0 Å². The van der Waals surface area contributed by atoms with Crippen LogP contribution in [0.2, 0.25) is 0 Å². The van der Waals surface area contributed by atoms with E-state index in [4.69, 9.17) is 16.6 Å². The van der Waals surface area contributed by atoms with Crippen LogP contribution in [0.25, 0.3) is 33.5 Å². The van der Waals surface area contributed by atoms with Crippen LogP contribution in [0.3, 0.4) is 0 Å². The number of nitrogens with zero attached hydrogens (tertiary/aromatic N) is 4. The molecule has 0 aliphatic carbocycles. The predicted octanol–water partition coefficient (Wildman–Crippen LogP) is -0.815. The van der Waals surface area contributed by atoms with Crippen molar-refractivity contribution in [3.63, 3.8) is 0 Å². The zero-order valence-corrected chi connectivity index (χ0v) is 18.8. The molecule has 174 valence electrons. The Bertz CT molecular complexity index is 1560. The lowest BCUT2D eigenvalue weighted by Crippen LogP contribution is -2.31. The van der Waals surface area contributed by atoms with Crippen LogP contribution in [0.15, 0.2) is 34.1 Å². The first-order valence-electron chi connectivity index (χ1n) is 9.43. The average molecular weight is 493 g/mol. The summed E-state index contributed by atoms with van der Waals surface area (Å²) in [7, 11) is -8.92. The Labute approximate surface area is 188 Å². The number of nitrogens with two attached hydrogens (primary N) is 3. The quantitative estimate of drug-likeness (QED) is 0.187. The summed E-state index contributed by atoms with van der Waals surface area (Å²) in [6, 6.07) is 6.04. The van der Waals surface area contributed by atoms with Gasteiger partial charge in [-0.25, -0.2) is 31.7 Å². The third kappa shape index (κ3) is 4.05. The van der Waals surface area contributed by atoms with Gasteiger partial charge in [0.1, 0.15) is 9.79 Å². The lowest BCUT2D eigenvalue weighted by molar-refractivity contribution is 0.574. The smallest absolute Gasteiger partial charge is 0.241 e. The normalized spacial score (nSPS) is 12.5. The molecule has 0 saturated heterocycles. The molecule has 0 amide bonds. The molecule has 0 radical (unpaired) electrons. The lowest BCUT2D eigenvalue weighted by Gasteiger charge is -2.17. The minimum Gasteiger partial charge on any atom is -0.369 e. The van der Waals surface area contributed by atoms with Crippen molar-refractivity contribution in [2.75, 3.05) is 18.8 Å². The number of benzene rings is 2. The van der Waals surface area contributed by atoms with E-state index >= 15 is 0 Å². The molecule has 0 aliphatic rings. The molecule has 4 aromatic rings. The Kier molecular flexibility index (Phi) is 5.62. The van der Waals surface area contributed by atoms with E-state index in [-0.39, 0.29) is 36.0 Å². The zero-order valence-electron chi connectivity index (χ0n) is 17.2. The second kappa shape index (κ2) is 8.16. The SMILES string of the molecule is Cc1ccc(-c2ccc(S(=O)(=O)NCCN)c(S(N)(=O)=O)c2-c2nn[nH]n2)c2nc(N)[nH]c12. The Balaban J connectivity index is 2.15. The Morgan fingerprint density at radius 1 is 1.09 bits per heavy atom. The van der Waals surface area contributed by atoms with Gasteiger partial charge < -0.3 is 16.5 Å². The van der Waals surface area contributed by atoms with Crippen molar-refractivity contribution in [1.29, 1.82) is 0 Å². The molecular weight excluding hydrogens is 472 g/mol. The highest BCUT2D eigenvalue weighted by atomic mass is 32.2. The first-order chi connectivity index (χ1) is 15.5. The lowest BCUT2D eigenvalue weighted by atomic mass is 9.96. The van der Waals surface area contributed by atoms with Gasteiger partial charge in [-0.2, -0.15) is 5.21 Å². The maximum absolute atomic E-state index is 12.9. The molecule has 0 atom stereocenters. The van der Waals surface area contributed by atoms with E-state index in [1.807, 2.05) is 6.92 Å². The number of aromatic nitrogens is 6. The number of imidazole rings is 1. The summed E-state index contributed by atoms with van der Waals surface area (Å²) in [5.41, 5.74) is 13.7. The molecule has 0 fully saturated rings. The summed E-state index contributed by atoms with van der Waals surface area (Å²) < 4.78 is 53.5. The van der Waals surface area contributed by atoms with Crippen LogP contribution < -0.4 is 21.3 Å². The van der Waals surface area contributed by atoms with Gasteiger partial charge in [0.25, 0.3) is 0 Å². The molecule has 0 aliphatic heterocycles. The molecule has 0 unspecified atom stereocenters. The van der Waals surface area contributed by atoms with Gasteiger partial charge in [-0.3, -0.25) is 0 Å². The van der Waals surface area contributed by atoms with Crippen LogP contribution in [-0.4, -0.2) is 60.5 Å². The fourth-order valence-electron chi connectivity index (χ4n) is 3.50. The summed E-state index contributed by atoms with van der Waals surface area (Å²) in [6.07, 6.45) is 0. The number of tetrazole rings is 1. The molecule has 0 saturated carbocycles. The molecule has 16 heteroatoms. The molecule has 14 nitrogen and oxygen atoms in total. The van der Waals surface area contributed by atoms with Crippen LogP contribution in [0.4, 0.5) is 5.95 Å². The maximum atomic E-state index is 12.9. The second-order valence-electron chi connectivity index (χ2n) is 7.06. The van der Waals surface area contributed by atoms with Gasteiger partial charge in [0.15, 0.2) is 5.95 Å². The fourth-order valence-corrected chi connectivity index (χ4v) is 6.15. The van der Waals surface area contributed by atoms with E-state index in [1.165, 1.54) is 6.07 Å². The first-order valence-corrected chi connectivity index (χ1v) is 12.5. The summed E-state index contributed by atoms with van der Waals surface area (Å²) >= 11 is 0. The van der Waals surface area contributed by atoms with Gasteiger partial charge in [0.05, 0.1) is 16.6 Å². The number of hydrogen-bond acceptors (Lipinski definition) is 10. The highest BCUT2D eigenvalue weighted by Crippen LogP contribution is 2.41. The molecule has 4 rings (SSSR count). The molecule has 0 bridgehead atoms. The highest BCUT2D eigenvalue weighted by Gasteiger charge is 2.32. The number of hydrogen-bond donors (Lipinski definition) is 6. The molecule has 2 aromatic carbocycles. The van der Waals surface area contributed by atoms with E-state index in [2.05, 4.69) is 35.3 Å². The van der Waals surface area contributed by atoms with Gasteiger partial charge >= 0.3 is 0 Å². The van der Waals surface area contributed by atoms with Crippen molar-refractivity contribution in [2.45, 2.75) is 16.7 Å². The third-order valence-electron chi connectivity index (χ3n) is 4.86. The second-order valence-corrected chi connectivity index (χ2v) is 10.3. The fraction of sp³-hybridized carbons (Fsp3) is 0.176. The minimum atomic E-state index is -4.61. The van der Waals surface area contributed by atoms with Gasteiger partial charge in [-0.15, -0.1) is 10.2 Å². The number of aromatic amines is 2. The van der Waals surface area contributed by atoms with Crippen LogP contribution >= 0.6 is 0 Å². The molecule has 33 heavy (non-hydrogen) atoms. The number of primary sulfonamides is 1. The Hall–Kier alpha value is -3.44. The Morgan fingerprint density at radius 3 is 2.45 bits per heavy atom. The number of anilines is 1. The first kappa shape index (κ1) is 22.7. The number of aryl methyl sites for hydroxylation is 1. The van der Waals surface area contributed by atoms with Crippen molar-refractivity contribution >= 4 is 37.0 Å². The number of fused-ring (bicyclic) bond motifs is 1.